The van der Waals surface area contributed by atoms with Gasteiger partial charge in [0.2, 0.25) is 5.91 Å². The zero-order chi connectivity index (χ0) is 32.4. The van der Waals surface area contributed by atoms with Crippen LogP contribution in [-0.4, -0.2) is 164 Å². The van der Waals surface area contributed by atoms with Crippen molar-refractivity contribution in [2.45, 2.75) is 49.1 Å². The fourth-order valence-corrected chi connectivity index (χ4v) is 7.57. The van der Waals surface area contributed by atoms with Crippen LogP contribution >= 0.6 is 11.6 Å². The van der Waals surface area contributed by atoms with Crippen LogP contribution < -0.4 is 10.6 Å². The van der Waals surface area contributed by atoms with Gasteiger partial charge < -0.3 is 15.5 Å². The van der Waals surface area contributed by atoms with Gasteiger partial charge in [-0.2, -0.15) is 0 Å². The van der Waals surface area contributed by atoms with Gasteiger partial charge in [0.25, 0.3) is 5.91 Å². The molecule has 0 bridgehead atoms. The number of piperidine rings is 1. The lowest BCUT2D eigenvalue weighted by Crippen LogP contribution is -2.82. The Balaban J connectivity index is 2.49. The number of carbonyl (C=O) groups excluding carboxylic acids is 2. The molecular weight excluding hydrogens is 519 g/mol. The van der Waals surface area contributed by atoms with Crippen molar-refractivity contribution >= 4 is 141 Å². The number of nitrogens with zero attached hydrogens (tertiary/aromatic N) is 1. The zero-order valence-electron chi connectivity index (χ0n) is 28.7. The van der Waals surface area contributed by atoms with Crippen molar-refractivity contribution in [3.05, 3.63) is 34.6 Å². The van der Waals surface area contributed by atoms with E-state index in [-0.39, 0.29) is 49.6 Å². The third-order valence-corrected chi connectivity index (χ3v) is 12.8. The molecule has 1 heterocycles. The van der Waals surface area contributed by atoms with Crippen molar-refractivity contribution < 1.29 is 14.0 Å². The predicted molar refractivity (Wildman–Crippen MR) is 214 cm³/mol. The second kappa shape index (κ2) is 11.0. The summed E-state index contributed by atoms with van der Waals surface area (Å²) in [6.07, 6.45) is 0. The normalized spacial score (nSPS) is 21.3. The number of likely N-dealkylation sites (tertiary alicyclic amines) is 1. The summed E-state index contributed by atoms with van der Waals surface area (Å²) in [5.74, 6) is -0.900. The minimum absolute atomic E-state index is 0.00462. The maximum absolute atomic E-state index is 14.0. The summed E-state index contributed by atoms with van der Waals surface area (Å²) >= 11 is 6.02. The molecule has 0 atom stereocenters. The molecule has 204 valence electrons. The van der Waals surface area contributed by atoms with Crippen LogP contribution in [0.5, 0.6) is 0 Å². The Bertz CT molecular complexity index is 1140. The first-order chi connectivity index (χ1) is 18.0. The van der Waals surface area contributed by atoms with Gasteiger partial charge in [0.15, 0.2) is 0 Å². The molecule has 1 aromatic rings. The number of hydrogen-bond acceptors (Lipinski definition) is 3. The molecule has 1 saturated heterocycles. The van der Waals surface area contributed by atoms with Crippen molar-refractivity contribution in [1.29, 1.82) is 0 Å². The van der Waals surface area contributed by atoms with Crippen LogP contribution in [0.25, 0.3) is 0 Å². The van der Waals surface area contributed by atoms with Crippen LogP contribution in [0, 0.1) is 5.82 Å². The second-order valence-corrected chi connectivity index (χ2v) is 17.2. The van der Waals surface area contributed by atoms with Crippen LogP contribution in [0.15, 0.2) is 18.2 Å². The van der Waals surface area contributed by atoms with Gasteiger partial charge in [-0.25, -0.2) is 4.39 Å². The molecule has 2 rings (SSSR count). The van der Waals surface area contributed by atoms with Crippen LogP contribution in [0.1, 0.15) is 17.3 Å². The molecule has 0 aromatic heterocycles. The monoisotopic (exact) mass is 563 g/mol. The SMILES string of the molecule is BC(B)(B)C(C)(NC(=O)CN1C(B)(B)C(B)(B)C(B)(CNC(=O)c2cc(F)cc(Cl)c2)C(B)(B)C1(B)B)C(B)(B)B. The Kier molecular flexibility index (Phi) is 9.83. The van der Waals surface area contributed by atoms with Gasteiger partial charge in [-0.1, -0.05) is 37.6 Å². The maximum atomic E-state index is 14.0. The van der Waals surface area contributed by atoms with Crippen LogP contribution in [0.3, 0.4) is 0 Å². The summed E-state index contributed by atoms with van der Waals surface area (Å²) in [5.41, 5.74) is -0.243. The molecule has 1 aliphatic heterocycles. The smallest absolute Gasteiger partial charge is 0.251 e. The molecule has 1 aliphatic rings. The number of halogens is 2. The Morgan fingerprint density at radius 1 is 0.854 bits per heavy atom. The first-order valence-electron chi connectivity index (χ1n) is 14.8. The van der Waals surface area contributed by atoms with E-state index in [2.05, 4.69) is 140 Å². The van der Waals surface area contributed by atoms with Crippen LogP contribution in [0.2, 0.25) is 31.0 Å². The van der Waals surface area contributed by atoms with E-state index in [0.717, 1.165) is 0 Å². The minimum Gasteiger partial charge on any atom is -0.353 e. The highest BCUT2D eigenvalue weighted by Gasteiger charge is 2.67. The molecule has 0 radical (unpaired) electrons. The van der Waals surface area contributed by atoms with Gasteiger partial charge in [0.05, 0.1) is 85.0 Å². The van der Waals surface area contributed by atoms with Crippen LogP contribution in [-0.2, 0) is 4.79 Å². The predicted octanol–water partition coefficient (Wildman–Crippen LogP) is -12.3. The van der Waals surface area contributed by atoms with Gasteiger partial charge in [0, 0.05) is 22.7 Å². The van der Waals surface area contributed by atoms with E-state index in [0.29, 0.717) is 6.54 Å². The number of rotatable bonds is 8. The van der Waals surface area contributed by atoms with E-state index in [4.69, 9.17) is 11.6 Å². The standard InChI is InChI=1S/C19H42B15ClFN3O2/c1-12(16(25,26)27,17(28,29)30)38-10(40)5-39-18(31,32)14(21,22)13(20,15(23,24)19(39,33)34)6-37-11(41)7-2-8(35)4-9(36)3-7/h2-4H,5-6,20-34H2,1H3,(H,37,41)(H,38,40). The van der Waals surface area contributed by atoms with Crippen molar-refractivity contribution in [2.75, 3.05) is 13.1 Å². The summed E-state index contributed by atoms with van der Waals surface area (Å²) < 4.78 is 14.0. The average Bonchev–Trinajstić information content (AvgIpc) is 2.77. The first kappa shape index (κ1) is 36.5. The minimum atomic E-state index is -0.544. The molecular formula is C19H42B15ClFN3O2. The Morgan fingerprint density at radius 2 is 1.29 bits per heavy atom. The van der Waals surface area contributed by atoms with E-state index in [1.165, 1.54) is 18.2 Å². The summed E-state index contributed by atoms with van der Waals surface area (Å²) in [7, 11) is 33.0. The quantitative estimate of drug-likeness (QED) is 0.311. The second-order valence-electron chi connectivity index (χ2n) is 16.8. The van der Waals surface area contributed by atoms with E-state index >= 15 is 0 Å². The lowest BCUT2D eigenvalue weighted by atomic mass is 9.09. The highest BCUT2D eigenvalue weighted by molar-refractivity contribution is 6.66. The number of carbonyl (C=O) groups is 2. The molecule has 0 spiro atoms. The fraction of sp³-hybridized carbons (Fsp3) is 0.579. The number of hydrogen-bond donors (Lipinski definition) is 2. The van der Waals surface area contributed by atoms with Crippen molar-refractivity contribution in [2.24, 2.45) is 0 Å². The number of benzene rings is 1. The highest BCUT2D eigenvalue weighted by Crippen LogP contribution is 2.70. The third-order valence-electron chi connectivity index (χ3n) is 12.6. The molecule has 2 N–H and O–H groups in total. The topological polar surface area (TPSA) is 61.4 Å². The van der Waals surface area contributed by atoms with E-state index < -0.39 is 27.3 Å². The summed E-state index contributed by atoms with van der Waals surface area (Å²) in [4.78, 5) is 29.5. The first-order valence-corrected chi connectivity index (χ1v) is 15.2. The average molecular weight is 561 g/mol. The van der Waals surface area contributed by atoms with Gasteiger partial charge in [-0.05, 0) is 35.8 Å². The Labute approximate surface area is 266 Å². The molecule has 2 amide bonds. The van der Waals surface area contributed by atoms with Crippen molar-refractivity contribution in [3.8, 4) is 0 Å². The van der Waals surface area contributed by atoms with E-state index in [1.807, 2.05) is 0 Å². The van der Waals surface area contributed by atoms with Crippen molar-refractivity contribution in [1.82, 2.24) is 15.5 Å². The van der Waals surface area contributed by atoms with Crippen molar-refractivity contribution in [3.63, 3.8) is 0 Å². The van der Waals surface area contributed by atoms with Gasteiger partial charge in [-0.15, -0.1) is 0 Å². The third kappa shape index (κ3) is 5.90. The number of nitrogens with one attached hydrogen (secondary N) is 2. The lowest BCUT2D eigenvalue weighted by molar-refractivity contribution is -0.126. The molecule has 0 saturated carbocycles. The largest absolute Gasteiger partial charge is 0.353 e. The molecule has 41 heavy (non-hydrogen) atoms. The van der Waals surface area contributed by atoms with E-state index in [1.54, 1.807) is 0 Å². The van der Waals surface area contributed by atoms with Crippen LogP contribution in [0.4, 0.5) is 4.39 Å². The lowest BCUT2D eigenvalue weighted by Gasteiger charge is -2.77. The summed E-state index contributed by atoms with van der Waals surface area (Å²) in [6.45, 7) is 2.77. The molecule has 0 unspecified atom stereocenters. The summed E-state index contributed by atoms with van der Waals surface area (Å²) in [5, 5.41) is 4.40. The Hall–Kier alpha value is -0.686. The highest BCUT2D eigenvalue weighted by atomic mass is 35.5. The summed E-state index contributed by atoms with van der Waals surface area (Å²) in [6, 6.07) is 3.88. The fourth-order valence-electron chi connectivity index (χ4n) is 7.35. The number of amides is 2. The molecule has 1 aromatic carbocycles. The molecule has 5 nitrogen and oxygen atoms in total. The molecule has 22 heteroatoms. The van der Waals surface area contributed by atoms with Gasteiger partial charge >= 0.3 is 0 Å². The molecule has 1 fully saturated rings. The molecule has 0 aliphatic carbocycles. The Morgan fingerprint density at radius 3 is 1.68 bits per heavy atom. The van der Waals surface area contributed by atoms with Gasteiger partial charge in [-0.3, -0.25) is 9.59 Å². The van der Waals surface area contributed by atoms with Gasteiger partial charge in [0.1, 0.15) is 45.0 Å². The van der Waals surface area contributed by atoms with E-state index in [9.17, 15) is 14.0 Å². The zero-order valence-corrected chi connectivity index (χ0v) is 29.4. The maximum Gasteiger partial charge on any atom is 0.251 e.